The van der Waals surface area contributed by atoms with Crippen molar-refractivity contribution in [1.82, 2.24) is 0 Å². The number of fused-ring (bicyclic) bond motifs is 3. The number of aryl methyl sites for hydroxylation is 1. The summed E-state index contributed by atoms with van der Waals surface area (Å²) in [5.41, 5.74) is 1.83. The van der Waals surface area contributed by atoms with Crippen LogP contribution in [0.25, 0.3) is 28.0 Å². The van der Waals surface area contributed by atoms with Crippen LogP contribution >= 0.6 is 0 Å². The van der Waals surface area contributed by atoms with Crippen LogP contribution in [0, 0.1) is 5.92 Å². The molecule has 184 valence electrons. The van der Waals surface area contributed by atoms with Crippen LogP contribution in [0.2, 0.25) is 0 Å². The predicted octanol–water partition coefficient (Wildman–Crippen LogP) is 6.45. The summed E-state index contributed by atoms with van der Waals surface area (Å²) in [6.07, 6.45) is 7.52. The number of benzene rings is 2. The first-order valence-corrected chi connectivity index (χ1v) is 11.9. The van der Waals surface area contributed by atoms with Gasteiger partial charge in [0.2, 0.25) is 5.43 Å². The fourth-order valence-corrected chi connectivity index (χ4v) is 4.52. The van der Waals surface area contributed by atoms with Crippen LogP contribution in [0.1, 0.15) is 75.0 Å². The van der Waals surface area contributed by atoms with Crippen LogP contribution in [-0.4, -0.2) is 22.1 Å². The molecule has 6 heteroatoms. The SMILES string of the molecule is CC(C)=CCc1c(O)c(O)c(CCC(C)C)c2c(=O)c3c(C=O)c4c(cc3oc12)OC(C)(C)C=C4. The Morgan fingerprint density at radius 2 is 1.80 bits per heavy atom. The molecular formula is C29H32O6. The molecule has 0 bridgehead atoms. The first kappa shape index (κ1) is 24.6. The molecule has 0 amide bonds. The average Bonchev–Trinajstić information content (AvgIpc) is 2.77. The highest BCUT2D eigenvalue weighted by Gasteiger charge is 2.29. The van der Waals surface area contributed by atoms with E-state index in [0.29, 0.717) is 47.5 Å². The number of carbonyl (C=O) groups excluding carboxylic acids is 1. The van der Waals surface area contributed by atoms with Gasteiger partial charge in [0.25, 0.3) is 0 Å². The Bertz CT molecular complexity index is 1460. The minimum atomic E-state index is -0.583. The summed E-state index contributed by atoms with van der Waals surface area (Å²) >= 11 is 0. The highest BCUT2D eigenvalue weighted by molar-refractivity contribution is 6.06. The van der Waals surface area contributed by atoms with Gasteiger partial charge in [0.05, 0.1) is 10.8 Å². The molecule has 0 spiro atoms. The average molecular weight is 477 g/mol. The molecule has 0 aliphatic carbocycles. The Morgan fingerprint density at radius 3 is 2.43 bits per heavy atom. The molecule has 35 heavy (non-hydrogen) atoms. The standard InChI is InChI=1S/C29H32O6/c1-15(2)7-9-18-24-27(33)23-20(14-30)17-11-12-29(5,6)35-21(17)13-22(23)34-28(24)19(10-8-16(3)4)26(32)25(18)31/h8,11-15,31-32H,7,9-10H2,1-6H3. The maximum Gasteiger partial charge on any atom is 0.201 e. The van der Waals surface area contributed by atoms with Crippen LogP contribution in [0.5, 0.6) is 17.2 Å². The summed E-state index contributed by atoms with van der Waals surface area (Å²) in [4.78, 5) is 26.2. The van der Waals surface area contributed by atoms with Gasteiger partial charge in [-0.05, 0) is 59.0 Å². The van der Waals surface area contributed by atoms with E-state index in [-0.39, 0.29) is 45.4 Å². The molecule has 2 N–H and O–H groups in total. The zero-order chi connectivity index (χ0) is 25.7. The van der Waals surface area contributed by atoms with E-state index in [1.54, 1.807) is 12.1 Å². The van der Waals surface area contributed by atoms with Crippen LogP contribution in [-0.2, 0) is 12.8 Å². The molecule has 0 radical (unpaired) electrons. The van der Waals surface area contributed by atoms with Crippen molar-refractivity contribution >= 4 is 34.3 Å². The lowest BCUT2D eigenvalue weighted by Crippen LogP contribution is -2.28. The van der Waals surface area contributed by atoms with Crippen molar-refractivity contribution in [2.45, 2.75) is 66.4 Å². The Labute approximate surface area is 204 Å². The number of phenolic OH excluding ortho intramolecular Hbond substituents is 2. The molecule has 1 aliphatic rings. The van der Waals surface area contributed by atoms with E-state index in [2.05, 4.69) is 0 Å². The molecule has 3 aromatic rings. The van der Waals surface area contributed by atoms with E-state index in [1.807, 2.05) is 53.7 Å². The van der Waals surface area contributed by atoms with Crippen molar-refractivity contribution in [2.75, 3.05) is 0 Å². The lowest BCUT2D eigenvalue weighted by molar-refractivity contribution is 0.112. The molecule has 0 fully saturated rings. The number of allylic oxidation sites excluding steroid dienone is 2. The first-order valence-electron chi connectivity index (χ1n) is 11.9. The Balaban J connectivity index is 2.17. The normalized spacial score (nSPS) is 14.3. The minimum absolute atomic E-state index is 0.142. The second-order valence-corrected chi connectivity index (χ2v) is 10.4. The highest BCUT2D eigenvalue weighted by atomic mass is 16.5. The summed E-state index contributed by atoms with van der Waals surface area (Å²) in [6.45, 7) is 11.7. The van der Waals surface area contributed by atoms with Crippen LogP contribution in [0.4, 0.5) is 0 Å². The molecule has 2 aromatic carbocycles. The van der Waals surface area contributed by atoms with Gasteiger partial charge in [-0.15, -0.1) is 0 Å². The third-order valence-electron chi connectivity index (χ3n) is 6.43. The van der Waals surface area contributed by atoms with Gasteiger partial charge in [0.1, 0.15) is 22.5 Å². The second-order valence-electron chi connectivity index (χ2n) is 10.4. The van der Waals surface area contributed by atoms with Gasteiger partial charge < -0.3 is 19.4 Å². The Morgan fingerprint density at radius 1 is 1.11 bits per heavy atom. The Hall–Kier alpha value is -3.54. The molecule has 2 heterocycles. The van der Waals surface area contributed by atoms with E-state index in [4.69, 9.17) is 9.15 Å². The van der Waals surface area contributed by atoms with Crippen molar-refractivity contribution in [1.29, 1.82) is 0 Å². The van der Waals surface area contributed by atoms with Crippen molar-refractivity contribution in [3.63, 3.8) is 0 Å². The van der Waals surface area contributed by atoms with Crippen LogP contribution < -0.4 is 10.2 Å². The molecule has 6 nitrogen and oxygen atoms in total. The zero-order valence-electron chi connectivity index (χ0n) is 21.1. The number of rotatable bonds is 6. The lowest BCUT2D eigenvalue weighted by Gasteiger charge is -2.28. The van der Waals surface area contributed by atoms with Crippen molar-refractivity contribution in [2.24, 2.45) is 5.92 Å². The van der Waals surface area contributed by atoms with Crippen LogP contribution in [0.3, 0.4) is 0 Å². The van der Waals surface area contributed by atoms with E-state index in [0.717, 1.165) is 5.57 Å². The van der Waals surface area contributed by atoms with Gasteiger partial charge in [-0.2, -0.15) is 0 Å². The van der Waals surface area contributed by atoms with E-state index in [9.17, 15) is 19.8 Å². The van der Waals surface area contributed by atoms with Gasteiger partial charge >= 0.3 is 0 Å². The van der Waals surface area contributed by atoms with Gasteiger partial charge in [0, 0.05) is 28.3 Å². The first-order chi connectivity index (χ1) is 16.4. The number of hydrogen-bond acceptors (Lipinski definition) is 6. The molecule has 0 unspecified atom stereocenters. The number of hydrogen-bond donors (Lipinski definition) is 2. The maximum absolute atomic E-state index is 14.0. The molecule has 0 saturated carbocycles. The summed E-state index contributed by atoms with van der Waals surface area (Å²) in [6, 6.07) is 1.63. The van der Waals surface area contributed by atoms with Crippen molar-refractivity contribution < 1.29 is 24.2 Å². The predicted molar refractivity (Wildman–Crippen MR) is 139 cm³/mol. The Kier molecular flexibility index (Phi) is 6.26. The van der Waals surface area contributed by atoms with Gasteiger partial charge in [0.15, 0.2) is 17.8 Å². The number of carbonyl (C=O) groups is 1. The fraction of sp³-hybridized carbons (Fsp3) is 0.379. The number of phenols is 2. The number of aromatic hydroxyl groups is 2. The second kappa shape index (κ2) is 8.91. The quantitative estimate of drug-likeness (QED) is 0.184. The van der Waals surface area contributed by atoms with Gasteiger partial charge in [-0.1, -0.05) is 31.6 Å². The third-order valence-corrected chi connectivity index (χ3v) is 6.43. The van der Waals surface area contributed by atoms with Crippen molar-refractivity contribution in [3.8, 4) is 17.2 Å². The number of aldehydes is 1. The number of ether oxygens (including phenoxy) is 1. The summed E-state index contributed by atoms with van der Waals surface area (Å²) in [5.74, 6) is 0.166. The third kappa shape index (κ3) is 4.33. The lowest BCUT2D eigenvalue weighted by atomic mass is 9.91. The molecule has 1 aliphatic heterocycles. The van der Waals surface area contributed by atoms with Gasteiger partial charge in [-0.3, -0.25) is 9.59 Å². The topological polar surface area (TPSA) is 97.0 Å². The monoisotopic (exact) mass is 476 g/mol. The summed E-state index contributed by atoms with van der Waals surface area (Å²) in [7, 11) is 0. The highest BCUT2D eigenvalue weighted by Crippen LogP contribution is 2.43. The maximum atomic E-state index is 14.0. The fourth-order valence-electron chi connectivity index (χ4n) is 4.52. The summed E-state index contributed by atoms with van der Waals surface area (Å²) < 4.78 is 12.3. The van der Waals surface area contributed by atoms with E-state index < -0.39 is 11.0 Å². The van der Waals surface area contributed by atoms with E-state index in [1.165, 1.54) is 0 Å². The zero-order valence-corrected chi connectivity index (χ0v) is 21.1. The summed E-state index contributed by atoms with van der Waals surface area (Å²) in [5, 5.41) is 22.3. The van der Waals surface area contributed by atoms with Gasteiger partial charge in [-0.25, -0.2) is 0 Å². The van der Waals surface area contributed by atoms with Crippen molar-refractivity contribution in [3.05, 3.63) is 56.3 Å². The van der Waals surface area contributed by atoms with E-state index >= 15 is 0 Å². The van der Waals surface area contributed by atoms with Crippen LogP contribution in [0.15, 0.2) is 33.0 Å². The molecule has 0 saturated heterocycles. The molecule has 0 atom stereocenters. The molecule has 1 aromatic heterocycles. The molecular weight excluding hydrogens is 444 g/mol. The smallest absolute Gasteiger partial charge is 0.201 e. The minimum Gasteiger partial charge on any atom is -0.504 e. The largest absolute Gasteiger partial charge is 0.504 e. The molecule has 4 rings (SSSR count).